The second kappa shape index (κ2) is 5.63. The van der Waals surface area contributed by atoms with Crippen LogP contribution in [0.5, 0.6) is 0 Å². The van der Waals surface area contributed by atoms with E-state index < -0.39 is 17.6 Å². The van der Waals surface area contributed by atoms with Gasteiger partial charge in [-0.15, -0.1) is 0 Å². The fourth-order valence-electron chi connectivity index (χ4n) is 2.69. The molecule has 5 nitrogen and oxygen atoms in total. The van der Waals surface area contributed by atoms with Crippen molar-refractivity contribution in [1.82, 2.24) is 4.90 Å². The molecule has 0 spiro atoms. The third-order valence-corrected chi connectivity index (χ3v) is 3.98. The summed E-state index contributed by atoms with van der Waals surface area (Å²) in [4.78, 5) is 25.2. The fraction of sp³-hybridized carbons (Fsp3) is 0.467. The molecule has 20 heavy (non-hydrogen) atoms. The van der Waals surface area contributed by atoms with Crippen LogP contribution >= 0.6 is 0 Å². The van der Waals surface area contributed by atoms with Crippen LogP contribution in [-0.2, 0) is 16.0 Å². The predicted molar refractivity (Wildman–Crippen MR) is 75.1 cm³/mol. The quantitative estimate of drug-likeness (QED) is 0.860. The number of nitrogens with zero attached hydrogens (tertiary/aromatic N) is 1. The molecule has 1 saturated heterocycles. The number of amides is 1. The lowest BCUT2D eigenvalue weighted by Gasteiger charge is -2.33. The molecular formula is C15H20N2O3. The molecule has 0 saturated carbocycles. The number of hydrogen-bond acceptors (Lipinski definition) is 3. The molecule has 1 aliphatic heterocycles. The lowest BCUT2D eigenvalue weighted by Crippen LogP contribution is -2.55. The van der Waals surface area contributed by atoms with Gasteiger partial charge in [0, 0.05) is 6.54 Å². The van der Waals surface area contributed by atoms with Gasteiger partial charge in [-0.3, -0.25) is 4.79 Å². The number of nitrogens with two attached hydrogens (primary N) is 1. The number of rotatable bonds is 4. The Hall–Kier alpha value is -1.88. The van der Waals surface area contributed by atoms with Gasteiger partial charge in [0.25, 0.3) is 0 Å². The van der Waals surface area contributed by atoms with Crippen LogP contribution in [-0.4, -0.2) is 40.0 Å². The lowest BCUT2D eigenvalue weighted by atomic mass is 9.97. The van der Waals surface area contributed by atoms with Gasteiger partial charge in [-0.1, -0.05) is 30.3 Å². The Balaban J connectivity index is 2.09. The SMILES string of the molecule is CC1(C(=O)O)CCCN1C(=O)C(N)Cc1ccccc1. The summed E-state index contributed by atoms with van der Waals surface area (Å²) in [5, 5.41) is 9.33. The van der Waals surface area contributed by atoms with Crippen LogP contribution in [0.25, 0.3) is 0 Å². The Morgan fingerprint density at radius 1 is 1.40 bits per heavy atom. The highest BCUT2D eigenvalue weighted by molar-refractivity contribution is 5.90. The number of carbonyl (C=O) groups is 2. The summed E-state index contributed by atoms with van der Waals surface area (Å²) in [7, 11) is 0. The van der Waals surface area contributed by atoms with Crippen LogP contribution in [0.15, 0.2) is 30.3 Å². The molecule has 1 heterocycles. The number of carboxylic acids is 1. The van der Waals surface area contributed by atoms with Gasteiger partial charge in [-0.2, -0.15) is 0 Å². The molecule has 1 aromatic carbocycles. The molecule has 0 aliphatic carbocycles. The minimum absolute atomic E-state index is 0.281. The largest absolute Gasteiger partial charge is 0.480 e. The van der Waals surface area contributed by atoms with Gasteiger partial charge in [-0.25, -0.2) is 4.79 Å². The predicted octanol–water partition coefficient (Wildman–Crippen LogP) is 1.02. The summed E-state index contributed by atoms with van der Waals surface area (Å²) in [5.74, 6) is -1.24. The molecule has 1 aliphatic rings. The zero-order valence-corrected chi connectivity index (χ0v) is 11.6. The van der Waals surface area contributed by atoms with Crippen molar-refractivity contribution < 1.29 is 14.7 Å². The Morgan fingerprint density at radius 2 is 2.05 bits per heavy atom. The highest BCUT2D eigenvalue weighted by Gasteiger charge is 2.46. The molecule has 108 valence electrons. The first-order valence-corrected chi connectivity index (χ1v) is 6.79. The van der Waals surface area contributed by atoms with Crippen molar-refractivity contribution in [3.05, 3.63) is 35.9 Å². The van der Waals surface area contributed by atoms with E-state index in [1.807, 2.05) is 30.3 Å². The number of hydrogen-bond donors (Lipinski definition) is 2. The van der Waals surface area contributed by atoms with Crippen molar-refractivity contribution in [3.63, 3.8) is 0 Å². The van der Waals surface area contributed by atoms with E-state index in [2.05, 4.69) is 0 Å². The third-order valence-electron chi connectivity index (χ3n) is 3.98. The molecule has 5 heteroatoms. The molecule has 0 bridgehead atoms. The Kier molecular flexibility index (Phi) is 4.09. The second-order valence-electron chi connectivity index (χ2n) is 5.47. The molecule has 2 unspecified atom stereocenters. The minimum Gasteiger partial charge on any atom is -0.480 e. The Labute approximate surface area is 118 Å². The van der Waals surface area contributed by atoms with Gasteiger partial charge < -0.3 is 15.7 Å². The Morgan fingerprint density at radius 3 is 2.65 bits per heavy atom. The van der Waals surface area contributed by atoms with E-state index in [1.54, 1.807) is 6.92 Å². The fourth-order valence-corrected chi connectivity index (χ4v) is 2.69. The van der Waals surface area contributed by atoms with Crippen molar-refractivity contribution in [2.45, 2.75) is 37.8 Å². The summed E-state index contributed by atoms with van der Waals surface area (Å²) in [5.41, 5.74) is 5.82. The van der Waals surface area contributed by atoms with Crippen molar-refractivity contribution in [2.24, 2.45) is 5.73 Å². The van der Waals surface area contributed by atoms with E-state index in [0.717, 1.165) is 5.56 Å². The first-order valence-electron chi connectivity index (χ1n) is 6.79. The van der Waals surface area contributed by atoms with Crippen LogP contribution < -0.4 is 5.73 Å². The summed E-state index contributed by atoms with van der Waals surface area (Å²) < 4.78 is 0. The van der Waals surface area contributed by atoms with Gasteiger partial charge in [0.05, 0.1) is 6.04 Å². The Bertz CT molecular complexity index is 503. The molecule has 2 atom stereocenters. The van der Waals surface area contributed by atoms with Crippen molar-refractivity contribution in [2.75, 3.05) is 6.54 Å². The molecule has 2 rings (SSSR count). The highest BCUT2D eigenvalue weighted by Crippen LogP contribution is 2.29. The molecule has 1 amide bonds. The molecule has 3 N–H and O–H groups in total. The lowest BCUT2D eigenvalue weighted by molar-refractivity contribution is -0.155. The summed E-state index contributed by atoms with van der Waals surface area (Å²) in [6.07, 6.45) is 1.60. The van der Waals surface area contributed by atoms with E-state index in [4.69, 9.17) is 5.73 Å². The molecule has 1 aromatic rings. The first kappa shape index (κ1) is 14.5. The molecule has 0 aromatic heterocycles. The standard InChI is InChI=1S/C15H20N2O3/c1-15(14(19)20)8-5-9-17(15)13(18)12(16)10-11-6-3-2-4-7-11/h2-4,6-7,12H,5,8-10,16H2,1H3,(H,19,20). The number of carboxylic acid groups (broad SMARTS) is 1. The zero-order chi connectivity index (χ0) is 14.8. The summed E-state index contributed by atoms with van der Waals surface area (Å²) in [6.45, 7) is 2.06. The average Bonchev–Trinajstić information content (AvgIpc) is 2.82. The average molecular weight is 276 g/mol. The van der Waals surface area contributed by atoms with E-state index in [-0.39, 0.29) is 5.91 Å². The third kappa shape index (κ3) is 2.67. The molecule has 0 radical (unpaired) electrons. The van der Waals surface area contributed by atoms with Gasteiger partial charge >= 0.3 is 5.97 Å². The van der Waals surface area contributed by atoms with E-state index in [0.29, 0.717) is 25.8 Å². The summed E-state index contributed by atoms with van der Waals surface area (Å²) >= 11 is 0. The van der Waals surface area contributed by atoms with Crippen LogP contribution in [0, 0.1) is 0 Å². The van der Waals surface area contributed by atoms with Gasteiger partial charge in [0.15, 0.2) is 0 Å². The van der Waals surface area contributed by atoms with Crippen molar-refractivity contribution in [1.29, 1.82) is 0 Å². The van der Waals surface area contributed by atoms with E-state index in [9.17, 15) is 14.7 Å². The monoisotopic (exact) mass is 276 g/mol. The zero-order valence-electron chi connectivity index (χ0n) is 11.6. The smallest absolute Gasteiger partial charge is 0.329 e. The number of likely N-dealkylation sites (tertiary alicyclic amines) is 1. The maximum atomic E-state index is 12.4. The number of aliphatic carboxylic acids is 1. The van der Waals surface area contributed by atoms with Crippen LogP contribution in [0.1, 0.15) is 25.3 Å². The number of benzene rings is 1. The maximum Gasteiger partial charge on any atom is 0.329 e. The van der Waals surface area contributed by atoms with Crippen LogP contribution in [0.4, 0.5) is 0 Å². The topological polar surface area (TPSA) is 83.6 Å². The van der Waals surface area contributed by atoms with Gasteiger partial charge in [0.2, 0.25) is 5.91 Å². The van der Waals surface area contributed by atoms with Crippen LogP contribution in [0.3, 0.4) is 0 Å². The van der Waals surface area contributed by atoms with Crippen LogP contribution in [0.2, 0.25) is 0 Å². The van der Waals surface area contributed by atoms with Crippen molar-refractivity contribution >= 4 is 11.9 Å². The summed E-state index contributed by atoms with van der Waals surface area (Å²) in [6, 6.07) is 8.81. The molecular weight excluding hydrogens is 256 g/mol. The normalized spacial score (nSPS) is 23.6. The van der Waals surface area contributed by atoms with Gasteiger partial charge in [-0.05, 0) is 31.7 Å². The molecule has 1 fully saturated rings. The minimum atomic E-state index is -1.12. The van der Waals surface area contributed by atoms with E-state index >= 15 is 0 Å². The van der Waals surface area contributed by atoms with E-state index in [1.165, 1.54) is 4.90 Å². The maximum absolute atomic E-state index is 12.4. The second-order valence-corrected chi connectivity index (χ2v) is 5.47. The van der Waals surface area contributed by atoms with Crippen molar-refractivity contribution in [3.8, 4) is 0 Å². The van der Waals surface area contributed by atoms with Gasteiger partial charge in [0.1, 0.15) is 5.54 Å². The first-order chi connectivity index (χ1) is 9.45. The highest BCUT2D eigenvalue weighted by atomic mass is 16.4. The number of carbonyl (C=O) groups excluding carboxylic acids is 1.